The van der Waals surface area contributed by atoms with E-state index in [1.54, 1.807) is 20.8 Å². The third-order valence-corrected chi connectivity index (χ3v) is 3.67. The second-order valence-corrected chi connectivity index (χ2v) is 7.34. The average Bonchev–Trinajstić information content (AvgIpc) is 3.00. The molecule has 1 aliphatic rings. The van der Waals surface area contributed by atoms with Gasteiger partial charge in [-0.2, -0.15) is 0 Å². The maximum Gasteiger partial charge on any atom is 0.408 e. The number of amides is 2. The van der Waals surface area contributed by atoms with Crippen molar-refractivity contribution in [3.8, 4) is 0 Å². The Balaban J connectivity index is 0.00000204. The van der Waals surface area contributed by atoms with Crippen molar-refractivity contribution in [1.82, 2.24) is 10.6 Å². The summed E-state index contributed by atoms with van der Waals surface area (Å²) in [6.07, 6.45) is -1.57. The fourth-order valence-electron chi connectivity index (χ4n) is 2.42. The van der Waals surface area contributed by atoms with Crippen molar-refractivity contribution in [2.75, 3.05) is 0 Å². The number of esters is 1. The van der Waals surface area contributed by atoms with Gasteiger partial charge in [0.15, 0.2) is 0 Å². The molecule has 1 aromatic carbocycles. The van der Waals surface area contributed by atoms with Crippen molar-refractivity contribution in [3.63, 3.8) is 0 Å². The molecule has 0 aliphatic carbocycles. The third-order valence-electron chi connectivity index (χ3n) is 3.67. The normalized spacial score (nSPS) is 19.2. The molecule has 2 rings (SSSR count). The summed E-state index contributed by atoms with van der Waals surface area (Å²) in [5.41, 5.74) is 0.257. The van der Waals surface area contributed by atoms with E-state index in [0.29, 0.717) is 0 Å². The fourth-order valence-corrected chi connectivity index (χ4v) is 2.42. The number of carbonyl (C=O) groups is 3. The summed E-state index contributed by atoms with van der Waals surface area (Å²) >= 11 is 0. The minimum atomic E-state index is -0.879. The van der Waals surface area contributed by atoms with Crippen LogP contribution in [-0.4, -0.2) is 41.9 Å². The van der Waals surface area contributed by atoms with Gasteiger partial charge < -0.3 is 24.8 Å². The van der Waals surface area contributed by atoms with E-state index in [-0.39, 0.29) is 13.0 Å². The molecule has 2 amide bonds. The number of hydrogen-bond acceptors (Lipinski definition) is 8. The molecule has 1 heterocycles. The zero-order valence-corrected chi connectivity index (χ0v) is 16.9. The van der Waals surface area contributed by atoms with E-state index < -0.39 is 41.9 Å². The molecule has 10 nitrogen and oxygen atoms in total. The minimum absolute atomic E-state index is 0.00432. The van der Waals surface area contributed by atoms with Crippen LogP contribution in [0.3, 0.4) is 0 Å². The Morgan fingerprint density at radius 2 is 1.86 bits per heavy atom. The molecule has 0 aromatic heterocycles. The first-order chi connectivity index (χ1) is 13.6. The minimum Gasteiger partial charge on any atom is -0.444 e. The molecule has 1 aliphatic heterocycles. The van der Waals surface area contributed by atoms with E-state index in [9.17, 15) is 14.4 Å². The smallest absolute Gasteiger partial charge is 0.408 e. The van der Waals surface area contributed by atoms with E-state index in [0.717, 1.165) is 5.56 Å². The van der Waals surface area contributed by atoms with Crippen LogP contribution in [0.15, 0.2) is 30.3 Å². The summed E-state index contributed by atoms with van der Waals surface area (Å²) in [6.45, 7) is 6.96. The van der Waals surface area contributed by atoms with E-state index in [4.69, 9.17) is 25.0 Å². The highest BCUT2D eigenvalue weighted by atomic mass is 16.7. The lowest BCUT2D eigenvalue weighted by Gasteiger charge is -2.23. The Kier molecular flexibility index (Phi) is 9.02. The molecule has 0 radical (unpaired) electrons. The number of nitrogens with one attached hydrogen (secondary N) is 2. The van der Waals surface area contributed by atoms with Crippen LogP contribution in [0.5, 0.6) is 0 Å². The number of alkyl carbamates (subject to hydrolysis) is 1. The van der Waals surface area contributed by atoms with Gasteiger partial charge in [-0.15, -0.1) is 0 Å². The predicted molar refractivity (Wildman–Crippen MR) is 99.9 cm³/mol. The summed E-state index contributed by atoms with van der Waals surface area (Å²) in [7, 11) is 0. The van der Waals surface area contributed by atoms with Crippen LogP contribution in [0, 0.1) is 10.8 Å². The van der Waals surface area contributed by atoms with Crippen molar-refractivity contribution in [3.05, 3.63) is 35.9 Å². The third kappa shape index (κ3) is 8.57. The summed E-state index contributed by atoms with van der Waals surface area (Å²) in [5.74, 6) is -0.913. The number of nitrogens with zero attached hydrogens (tertiary/aromatic N) is 2. The second-order valence-electron chi connectivity index (χ2n) is 7.34. The molecule has 0 bridgehead atoms. The Morgan fingerprint density at radius 1 is 1.24 bits per heavy atom. The van der Waals surface area contributed by atoms with Gasteiger partial charge >= 0.3 is 12.1 Å². The first-order valence-electron chi connectivity index (χ1n) is 8.99. The first-order valence-corrected chi connectivity index (χ1v) is 8.99. The van der Waals surface area contributed by atoms with Crippen LogP contribution in [0.1, 0.15) is 39.7 Å². The molecule has 158 valence electrons. The summed E-state index contributed by atoms with van der Waals surface area (Å²) in [4.78, 5) is 35.7. The highest BCUT2D eigenvalue weighted by Crippen LogP contribution is 2.18. The Labute approximate surface area is 169 Å². The molecule has 3 atom stereocenters. The lowest BCUT2D eigenvalue weighted by Crippen LogP contribution is -2.51. The van der Waals surface area contributed by atoms with Gasteiger partial charge in [0.25, 0.3) is 0 Å². The van der Waals surface area contributed by atoms with Gasteiger partial charge in [0, 0.05) is 10.8 Å². The number of carbonyl (C=O) groups excluding carboxylic acids is 3. The molecule has 1 fully saturated rings. The summed E-state index contributed by atoms with van der Waals surface area (Å²) in [6, 6.07) is 7.95. The SMILES string of the molecule is C[C@H](NC(=O)OC(C)(C)C)C(=O)NC1CC(=O)OC1OCc1ccccc1.N#N. The molecule has 0 spiro atoms. The number of ether oxygens (including phenoxy) is 3. The van der Waals surface area contributed by atoms with Gasteiger partial charge in [-0.25, -0.2) is 4.79 Å². The summed E-state index contributed by atoms with van der Waals surface area (Å²) in [5, 5.41) is 17.1. The van der Waals surface area contributed by atoms with E-state index in [1.165, 1.54) is 6.92 Å². The van der Waals surface area contributed by atoms with Crippen molar-refractivity contribution in [2.45, 2.75) is 64.7 Å². The number of hydrogen-bond donors (Lipinski definition) is 2. The second kappa shape index (κ2) is 11.0. The average molecular weight is 406 g/mol. The molecule has 1 aromatic rings. The fraction of sp³-hybridized carbons (Fsp3) is 0.526. The van der Waals surface area contributed by atoms with Crippen LogP contribution in [0.4, 0.5) is 4.79 Å². The van der Waals surface area contributed by atoms with Crippen molar-refractivity contribution in [1.29, 1.82) is 10.8 Å². The van der Waals surface area contributed by atoms with Gasteiger partial charge in [0.05, 0.1) is 13.0 Å². The molecular weight excluding hydrogens is 380 g/mol. The monoisotopic (exact) mass is 406 g/mol. The summed E-state index contributed by atoms with van der Waals surface area (Å²) < 4.78 is 15.9. The van der Waals surface area contributed by atoms with Crippen molar-refractivity contribution < 1.29 is 28.6 Å². The molecule has 1 saturated heterocycles. The van der Waals surface area contributed by atoms with E-state index in [2.05, 4.69) is 10.6 Å². The van der Waals surface area contributed by atoms with Crippen LogP contribution >= 0.6 is 0 Å². The van der Waals surface area contributed by atoms with Crippen LogP contribution in [0.25, 0.3) is 0 Å². The van der Waals surface area contributed by atoms with Gasteiger partial charge in [-0.1, -0.05) is 30.3 Å². The zero-order chi connectivity index (χ0) is 22.0. The topological polar surface area (TPSA) is 151 Å². The number of cyclic esters (lactones) is 1. The van der Waals surface area contributed by atoms with Gasteiger partial charge in [-0.05, 0) is 33.3 Å². The Bertz CT molecular complexity index is 716. The quantitative estimate of drug-likeness (QED) is 0.537. The molecule has 10 heteroatoms. The molecular formula is C19H26N4O6. The zero-order valence-electron chi connectivity index (χ0n) is 16.9. The molecule has 29 heavy (non-hydrogen) atoms. The predicted octanol–water partition coefficient (Wildman–Crippen LogP) is 1.90. The van der Waals surface area contributed by atoms with E-state index in [1.807, 2.05) is 30.3 Å². The Hall–Kier alpha value is -3.19. The molecule has 2 N–H and O–H groups in total. The first kappa shape index (κ1) is 23.8. The lowest BCUT2D eigenvalue weighted by molar-refractivity contribution is -0.168. The molecule has 0 saturated carbocycles. The maximum atomic E-state index is 12.3. The standard InChI is InChI=1S/C19H26N2O6.N2/c1-12(20-18(24)27-19(2,3)4)16(23)21-14-10-15(22)26-17(14)25-11-13-8-6-5-7-9-13;1-2/h5-9,12,14,17H,10-11H2,1-4H3,(H,20,24)(H,21,23);/t12-,14?,17?;/m0./s1. The Morgan fingerprint density at radius 3 is 2.45 bits per heavy atom. The van der Waals surface area contributed by atoms with Gasteiger partial charge in [0.2, 0.25) is 12.2 Å². The highest BCUT2D eigenvalue weighted by Gasteiger charge is 2.37. The van der Waals surface area contributed by atoms with Crippen LogP contribution in [0.2, 0.25) is 0 Å². The van der Waals surface area contributed by atoms with Gasteiger partial charge in [-0.3, -0.25) is 9.59 Å². The number of rotatable bonds is 6. The molecule has 2 unspecified atom stereocenters. The largest absolute Gasteiger partial charge is 0.444 e. The highest BCUT2D eigenvalue weighted by molar-refractivity contribution is 5.86. The van der Waals surface area contributed by atoms with Crippen LogP contribution in [-0.2, 0) is 30.4 Å². The van der Waals surface area contributed by atoms with Crippen molar-refractivity contribution >= 4 is 18.0 Å². The van der Waals surface area contributed by atoms with E-state index >= 15 is 0 Å². The number of benzene rings is 1. The maximum absolute atomic E-state index is 12.3. The van der Waals surface area contributed by atoms with Crippen LogP contribution < -0.4 is 10.6 Å². The lowest BCUT2D eigenvalue weighted by atomic mass is 10.2. The van der Waals surface area contributed by atoms with Crippen molar-refractivity contribution in [2.24, 2.45) is 0 Å². The van der Waals surface area contributed by atoms with Gasteiger partial charge in [0.1, 0.15) is 17.7 Å².